The highest BCUT2D eigenvalue weighted by atomic mass is 32.2. The number of nitrogens with zero attached hydrogens (tertiary/aromatic N) is 1. The van der Waals surface area contributed by atoms with Crippen LogP contribution in [-0.4, -0.2) is 43.1 Å². The van der Waals surface area contributed by atoms with Crippen LogP contribution in [0.2, 0.25) is 0 Å². The first-order chi connectivity index (χ1) is 8.95. The van der Waals surface area contributed by atoms with E-state index in [2.05, 4.69) is 4.72 Å². The third-order valence-corrected chi connectivity index (χ3v) is 6.30. The molecule has 19 heavy (non-hydrogen) atoms. The van der Waals surface area contributed by atoms with Crippen LogP contribution >= 0.6 is 0 Å². The molecule has 2 N–H and O–H groups in total. The molecule has 0 atom stereocenters. The molecule has 0 unspecified atom stereocenters. The lowest BCUT2D eigenvalue weighted by atomic mass is 9.84. The number of piperidine rings is 1. The highest BCUT2D eigenvalue weighted by Crippen LogP contribution is 2.29. The van der Waals surface area contributed by atoms with Crippen LogP contribution in [0.5, 0.6) is 0 Å². The zero-order valence-corrected chi connectivity index (χ0v) is 12.6. The lowest BCUT2D eigenvalue weighted by Crippen LogP contribution is -2.54. The molecule has 0 radical (unpaired) electrons. The number of hydrogen-bond acceptors (Lipinski definition) is 3. The predicted molar refractivity (Wildman–Crippen MR) is 74.9 cm³/mol. The first kappa shape index (κ1) is 15.2. The van der Waals surface area contributed by atoms with Gasteiger partial charge in [0.25, 0.3) is 10.2 Å². The molecule has 1 saturated heterocycles. The molecular formula is C13H26N2O3S. The lowest BCUT2D eigenvalue weighted by Gasteiger charge is -2.38. The molecule has 5 nitrogen and oxygen atoms in total. The Bertz CT molecular complexity index is 383. The van der Waals surface area contributed by atoms with Crippen molar-refractivity contribution in [1.82, 2.24) is 9.03 Å². The van der Waals surface area contributed by atoms with Gasteiger partial charge in [-0.3, -0.25) is 0 Å². The van der Waals surface area contributed by atoms with Gasteiger partial charge in [0.05, 0.1) is 0 Å². The maximum atomic E-state index is 12.4. The Morgan fingerprint density at radius 3 is 2.32 bits per heavy atom. The van der Waals surface area contributed by atoms with E-state index in [0.29, 0.717) is 13.1 Å². The molecule has 0 amide bonds. The van der Waals surface area contributed by atoms with E-state index in [0.717, 1.165) is 38.5 Å². The van der Waals surface area contributed by atoms with Crippen molar-refractivity contribution in [2.75, 3.05) is 19.7 Å². The molecule has 1 aliphatic carbocycles. The minimum atomic E-state index is -3.37. The minimum Gasteiger partial charge on any atom is -0.396 e. The Labute approximate surface area is 116 Å². The molecule has 112 valence electrons. The minimum absolute atomic E-state index is 0.166. The van der Waals surface area contributed by atoms with Crippen molar-refractivity contribution in [3.05, 3.63) is 0 Å². The normalized spacial score (nSPS) is 26.4. The lowest BCUT2D eigenvalue weighted by molar-refractivity contribution is 0.168. The van der Waals surface area contributed by atoms with Gasteiger partial charge in [0, 0.05) is 25.2 Å². The second-order valence-corrected chi connectivity index (χ2v) is 7.92. The Morgan fingerprint density at radius 2 is 1.79 bits per heavy atom. The fraction of sp³-hybridized carbons (Fsp3) is 1.00. The van der Waals surface area contributed by atoms with Crippen LogP contribution in [0.25, 0.3) is 0 Å². The van der Waals surface area contributed by atoms with E-state index in [1.165, 1.54) is 6.42 Å². The molecular weight excluding hydrogens is 264 g/mol. The van der Waals surface area contributed by atoms with Crippen molar-refractivity contribution >= 4 is 10.2 Å². The molecule has 1 saturated carbocycles. The van der Waals surface area contributed by atoms with Crippen LogP contribution in [0.4, 0.5) is 0 Å². The largest absolute Gasteiger partial charge is 0.396 e. The van der Waals surface area contributed by atoms with Crippen molar-refractivity contribution in [3.63, 3.8) is 0 Å². The van der Waals surface area contributed by atoms with Crippen molar-refractivity contribution < 1.29 is 13.5 Å². The molecule has 2 rings (SSSR count). The van der Waals surface area contributed by atoms with Crippen LogP contribution in [0, 0.1) is 5.92 Å². The zero-order chi connectivity index (χ0) is 13.9. The Balaban J connectivity index is 1.95. The second kappa shape index (κ2) is 6.08. The zero-order valence-electron chi connectivity index (χ0n) is 11.8. The molecule has 2 aliphatic rings. The van der Waals surface area contributed by atoms with Crippen LogP contribution in [0.3, 0.4) is 0 Å². The maximum Gasteiger partial charge on any atom is 0.279 e. The van der Waals surface area contributed by atoms with Gasteiger partial charge in [-0.05, 0) is 38.5 Å². The third-order valence-electron chi connectivity index (χ3n) is 4.50. The summed E-state index contributed by atoms with van der Waals surface area (Å²) >= 11 is 0. The van der Waals surface area contributed by atoms with E-state index in [9.17, 15) is 8.42 Å². The molecule has 0 aromatic carbocycles. The summed E-state index contributed by atoms with van der Waals surface area (Å²) < 4.78 is 29.3. The molecule has 1 aliphatic heterocycles. The Kier molecular flexibility index (Phi) is 4.87. The van der Waals surface area contributed by atoms with Crippen LogP contribution in [0.1, 0.15) is 51.9 Å². The average molecular weight is 290 g/mol. The SMILES string of the molecule is CC1(NS(=O)(=O)N2CCC(CO)CC2)CCCCC1. The highest BCUT2D eigenvalue weighted by Gasteiger charge is 2.35. The summed E-state index contributed by atoms with van der Waals surface area (Å²) in [5, 5.41) is 9.10. The summed E-state index contributed by atoms with van der Waals surface area (Å²) in [7, 11) is -3.37. The van der Waals surface area contributed by atoms with Crippen LogP contribution in [-0.2, 0) is 10.2 Å². The number of aliphatic hydroxyl groups excluding tert-OH is 1. The maximum absolute atomic E-state index is 12.4. The van der Waals surface area contributed by atoms with E-state index in [4.69, 9.17) is 5.11 Å². The van der Waals surface area contributed by atoms with Gasteiger partial charge in [0.2, 0.25) is 0 Å². The van der Waals surface area contributed by atoms with Gasteiger partial charge in [-0.25, -0.2) is 0 Å². The number of rotatable bonds is 4. The summed E-state index contributed by atoms with van der Waals surface area (Å²) in [4.78, 5) is 0. The van der Waals surface area contributed by atoms with Crippen molar-refractivity contribution in [2.24, 2.45) is 5.92 Å². The van der Waals surface area contributed by atoms with E-state index < -0.39 is 10.2 Å². The smallest absolute Gasteiger partial charge is 0.279 e. The highest BCUT2D eigenvalue weighted by molar-refractivity contribution is 7.87. The molecule has 2 fully saturated rings. The fourth-order valence-electron chi connectivity index (χ4n) is 3.14. The summed E-state index contributed by atoms with van der Waals surface area (Å²) in [6.07, 6.45) is 6.79. The molecule has 0 aromatic heterocycles. The van der Waals surface area contributed by atoms with Crippen molar-refractivity contribution in [3.8, 4) is 0 Å². The summed E-state index contributed by atoms with van der Waals surface area (Å²) in [6, 6.07) is 0. The van der Waals surface area contributed by atoms with Gasteiger partial charge in [0.15, 0.2) is 0 Å². The Hall–Kier alpha value is -0.170. The number of hydrogen-bond donors (Lipinski definition) is 2. The molecule has 0 spiro atoms. The predicted octanol–water partition coefficient (Wildman–Crippen LogP) is 1.25. The average Bonchev–Trinajstić information content (AvgIpc) is 2.38. The summed E-state index contributed by atoms with van der Waals surface area (Å²) in [6.45, 7) is 3.23. The quantitative estimate of drug-likeness (QED) is 0.818. The summed E-state index contributed by atoms with van der Waals surface area (Å²) in [5.74, 6) is 0.261. The van der Waals surface area contributed by atoms with Crippen LogP contribution in [0.15, 0.2) is 0 Å². The summed E-state index contributed by atoms with van der Waals surface area (Å²) in [5.41, 5.74) is -0.273. The van der Waals surface area contributed by atoms with Gasteiger partial charge >= 0.3 is 0 Å². The molecule has 0 bridgehead atoms. The number of aliphatic hydroxyl groups is 1. The van der Waals surface area contributed by atoms with E-state index in [1.54, 1.807) is 4.31 Å². The molecule has 6 heteroatoms. The van der Waals surface area contributed by atoms with Crippen molar-refractivity contribution in [2.45, 2.75) is 57.4 Å². The van der Waals surface area contributed by atoms with Crippen LogP contribution < -0.4 is 4.72 Å². The standard InChI is InChI=1S/C13H26N2O3S/c1-13(7-3-2-4-8-13)14-19(17,18)15-9-5-12(11-16)6-10-15/h12,14,16H,2-11H2,1H3. The van der Waals surface area contributed by atoms with Crippen molar-refractivity contribution in [1.29, 1.82) is 0 Å². The topological polar surface area (TPSA) is 69.6 Å². The van der Waals surface area contributed by atoms with Gasteiger partial charge in [0.1, 0.15) is 0 Å². The first-order valence-electron chi connectivity index (χ1n) is 7.35. The monoisotopic (exact) mass is 290 g/mol. The van der Waals surface area contributed by atoms with Gasteiger partial charge in [-0.15, -0.1) is 0 Å². The number of nitrogens with one attached hydrogen (secondary N) is 1. The Morgan fingerprint density at radius 1 is 1.21 bits per heavy atom. The fourth-order valence-corrected chi connectivity index (χ4v) is 4.79. The molecule has 0 aromatic rings. The third kappa shape index (κ3) is 3.90. The van der Waals surface area contributed by atoms with Gasteiger partial charge in [-0.1, -0.05) is 19.3 Å². The van der Waals surface area contributed by atoms with Gasteiger partial charge in [-0.2, -0.15) is 17.4 Å². The first-order valence-corrected chi connectivity index (χ1v) is 8.79. The van der Waals surface area contributed by atoms with Gasteiger partial charge < -0.3 is 5.11 Å². The molecule has 1 heterocycles. The van der Waals surface area contributed by atoms with E-state index in [-0.39, 0.29) is 18.1 Å². The van der Waals surface area contributed by atoms with E-state index in [1.807, 2.05) is 6.92 Å². The van der Waals surface area contributed by atoms with E-state index >= 15 is 0 Å². The second-order valence-electron chi connectivity index (χ2n) is 6.25.